The number of halogens is 2. The number of esters is 2. The molecule has 0 saturated heterocycles. The fourth-order valence-corrected chi connectivity index (χ4v) is 3.39. The van der Waals surface area contributed by atoms with Crippen molar-refractivity contribution in [3.63, 3.8) is 0 Å². The van der Waals surface area contributed by atoms with Crippen molar-refractivity contribution in [2.45, 2.75) is 6.92 Å². The molecule has 0 spiro atoms. The average Bonchev–Trinajstić information content (AvgIpc) is 3.15. The van der Waals surface area contributed by atoms with Gasteiger partial charge in [-0.2, -0.15) is 0 Å². The van der Waals surface area contributed by atoms with Crippen molar-refractivity contribution in [3.05, 3.63) is 99.5 Å². The molecule has 1 aliphatic rings. The maximum Gasteiger partial charge on any atom is 0.363 e. The van der Waals surface area contributed by atoms with Crippen molar-refractivity contribution in [1.82, 2.24) is 0 Å². The maximum atomic E-state index is 13.1. The Labute approximate surface area is 193 Å². The molecular formula is C25H17ClFNO5. The number of ether oxygens (including phenoxy) is 3. The molecule has 1 aliphatic heterocycles. The fraction of sp³-hybridized carbons (Fsp3) is 0.0800. The third-order valence-corrected chi connectivity index (χ3v) is 5.00. The number of cyclic esters (lactones) is 1. The second-order valence-electron chi connectivity index (χ2n) is 7.14. The van der Waals surface area contributed by atoms with Crippen molar-refractivity contribution in [2.24, 2.45) is 4.99 Å². The Hall–Kier alpha value is -3.97. The zero-order valence-electron chi connectivity index (χ0n) is 17.6. The zero-order chi connectivity index (χ0) is 23.5. The summed E-state index contributed by atoms with van der Waals surface area (Å²) in [5.74, 6) is -1.35. The van der Waals surface area contributed by atoms with Gasteiger partial charge in [-0.1, -0.05) is 29.3 Å². The van der Waals surface area contributed by atoms with Crippen LogP contribution in [0.5, 0.6) is 11.5 Å². The van der Waals surface area contributed by atoms with Crippen molar-refractivity contribution < 1.29 is 28.2 Å². The quantitative estimate of drug-likeness (QED) is 0.288. The van der Waals surface area contributed by atoms with E-state index >= 15 is 0 Å². The first-order valence-corrected chi connectivity index (χ1v) is 10.2. The summed E-state index contributed by atoms with van der Waals surface area (Å²) in [7, 11) is 1.40. The van der Waals surface area contributed by atoms with Crippen molar-refractivity contribution >= 4 is 35.5 Å². The lowest BCUT2D eigenvalue weighted by Crippen LogP contribution is -2.10. The van der Waals surface area contributed by atoms with Crippen LogP contribution in [0.3, 0.4) is 0 Å². The van der Waals surface area contributed by atoms with Gasteiger partial charge in [0.15, 0.2) is 17.2 Å². The SMILES string of the molecule is COc1cc(/C=C2\N=C(c3ccc(F)cc3)OC2=O)cc(Cl)c1OC(=O)c1cccc(C)c1. The molecule has 33 heavy (non-hydrogen) atoms. The lowest BCUT2D eigenvalue weighted by Gasteiger charge is -2.12. The lowest BCUT2D eigenvalue weighted by atomic mass is 10.1. The Morgan fingerprint density at radius 3 is 2.58 bits per heavy atom. The second-order valence-corrected chi connectivity index (χ2v) is 7.54. The van der Waals surface area contributed by atoms with Gasteiger partial charge in [-0.25, -0.2) is 19.0 Å². The number of carbonyl (C=O) groups is 2. The average molecular weight is 466 g/mol. The highest BCUT2D eigenvalue weighted by atomic mass is 35.5. The molecule has 0 atom stereocenters. The molecule has 1 heterocycles. The Morgan fingerprint density at radius 2 is 1.88 bits per heavy atom. The number of methoxy groups -OCH3 is 1. The molecule has 3 aromatic carbocycles. The summed E-state index contributed by atoms with van der Waals surface area (Å²) >= 11 is 6.36. The smallest absolute Gasteiger partial charge is 0.363 e. The van der Waals surface area contributed by atoms with E-state index in [1.54, 1.807) is 24.3 Å². The molecule has 0 aliphatic carbocycles. The van der Waals surface area contributed by atoms with Gasteiger partial charge in [0.25, 0.3) is 0 Å². The van der Waals surface area contributed by atoms with E-state index < -0.39 is 17.8 Å². The van der Waals surface area contributed by atoms with E-state index in [0.29, 0.717) is 16.7 Å². The molecule has 166 valence electrons. The summed E-state index contributed by atoms with van der Waals surface area (Å²) < 4.78 is 29.1. The topological polar surface area (TPSA) is 74.2 Å². The molecule has 8 heteroatoms. The third kappa shape index (κ3) is 4.94. The van der Waals surface area contributed by atoms with Crippen molar-refractivity contribution in [3.8, 4) is 11.5 Å². The van der Waals surface area contributed by atoms with Crippen LogP contribution in [0, 0.1) is 12.7 Å². The van der Waals surface area contributed by atoms with E-state index in [0.717, 1.165) is 5.56 Å². The van der Waals surface area contributed by atoms with E-state index in [9.17, 15) is 14.0 Å². The van der Waals surface area contributed by atoms with Gasteiger partial charge in [-0.05, 0) is 67.1 Å². The molecule has 0 saturated carbocycles. The Bertz CT molecular complexity index is 1310. The summed E-state index contributed by atoms with van der Waals surface area (Å²) in [6.45, 7) is 1.87. The van der Waals surface area contributed by atoms with Gasteiger partial charge in [-0.15, -0.1) is 0 Å². The summed E-state index contributed by atoms with van der Waals surface area (Å²) in [5.41, 5.74) is 2.24. The zero-order valence-corrected chi connectivity index (χ0v) is 18.4. The first-order chi connectivity index (χ1) is 15.8. The lowest BCUT2D eigenvalue weighted by molar-refractivity contribution is -0.129. The minimum atomic E-state index is -0.667. The number of aliphatic imine (C=N–C) groups is 1. The summed E-state index contributed by atoms with van der Waals surface area (Å²) in [5, 5.41) is 0.108. The van der Waals surface area contributed by atoms with Gasteiger partial charge in [0.2, 0.25) is 5.90 Å². The third-order valence-electron chi connectivity index (χ3n) is 4.72. The Kier molecular flexibility index (Phi) is 6.24. The number of hydrogen-bond donors (Lipinski definition) is 0. The van der Waals surface area contributed by atoms with E-state index in [4.69, 9.17) is 25.8 Å². The highest BCUT2D eigenvalue weighted by Crippen LogP contribution is 2.38. The summed E-state index contributed by atoms with van der Waals surface area (Å²) in [4.78, 5) is 29.0. The van der Waals surface area contributed by atoms with Crippen molar-refractivity contribution in [2.75, 3.05) is 7.11 Å². The molecule has 0 unspecified atom stereocenters. The Balaban J connectivity index is 1.62. The molecule has 0 amide bonds. The molecule has 0 aromatic heterocycles. The van der Waals surface area contributed by atoms with E-state index in [-0.39, 0.29) is 28.1 Å². The monoisotopic (exact) mass is 465 g/mol. The van der Waals surface area contributed by atoms with Gasteiger partial charge in [-0.3, -0.25) is 0 Å². The first kappa shape index (κ1) is 22.2. The van der Waals surface area contributed by atoms with Crippen LogP contribution in [0.4, 0.5) is 4.39 Å². The fourth-order valence-electron chi connectivity index (χ4n) is 3.13. The van der Waals surface area contributed by atoms with Gasteiger partial charge < -0.3 is 14.2 Å². The minimum absolute atomic E-state index is 0.0250. The van der Waals surface area contributed by atoms with Crippen LogP contribution in [0.1, 0.15) is 27.0 Å². The van der Waals surface area contributed by atoms with Gasteiger partial charge in [0.1, 0.15) is 5.82 Å². The van der Waals surface area contributed by atoms with Crippen LogP contribution >= 0.6 is 11.6 Å². The minimum Gasteiger partial charge on any atom is -0.493 e. The number of rotatable bonds is 5. The number of aryl methyl sites for hydroxylation is 1. The number of carbonyl (C=O) groups excluding carboxylic acids is 2. The number of nitrogens with zero attached hydrogens (tertiary/aromatic N) is 1. The summed E-state index contributed by atoms with van der Waals surface area (Å²) in [6.07, 6.45) is 1.46. The highest BCUT2D eigenvalue weighted by molar-refractivity contribution is 6.32. The molecule has 6 nitrogen and oxygen atoms in total. The van der Waals surface area contributed by atoms with Gasteiger partial charge in [0.05, 0.1) is 17.7 Å². The summed E-state index contributed by atoms with van der Waals surface area (Å²) in [6, 6.07) is 15.4. The Morgan fingerprint density at radius 1 is 1.12 bits per heavy atom. The van der Waals surface area contributed by atoms with Crippen LogP contribution in [0.15, 0.2) is 71.4 Å². The number of hydrogen-bond acceptors (Lipinski definition) is 6. The van der Waals surface area contributed by atoms with Crippen LogP contribution in [0.25, 0.3) is 6.08 Å². The standard InChI is InChI=1S/C25H17ClFNO5/c1-14-4-3-5-17(10-14)24(29)32-22-19(26)11-15(13-21(22)31-2)12-20-25(30)33-23(28-20)16-6-8-18(27)9-7-16/h3-13H,1-2H3/b20-12-. The highest BCUT2D eigenvalue weighted by Gasteiger charge is 2.25. The molecule has 0 radical (unpaired) electrons. The van der Waals surface area contributed by atoms with E-state index in [1.165, 1.54) is 43.5 Å². The van der Waals surface area contributed by atoms with Crippen LogP contribution in [0.2, 0.25) is 5.02 Å². The predicted molar refractivity (Wildman–Crippen MR) is 121 cm³/mol. The second kappa shape index (κ2) is 9.26. The normalized spacial score (nSPS) is 14.1. The molecule has 0 fully saturated rings. The molecule has 3 aromatic rings. The molecule has 0 bridgehead atoms. The van der Waals surface area contributed by atoms with Crippen LogP contribution in [-0.4, -0.2) is 24.9 Å². The predicted octanol–water partition coefficient (Wildman–Crippen LogP) is 5.36. The number of benzene rings is 3. The van der Waals surface area contributed by atoms with Crippen LogP contribution < -0.4 is 9.47 Å². The largest absolute Gasteiger partial charge is 0.493 e. The van der Waals surface area contributed by atoms with Gasteiger partial charge >= 0.3 is 11.9 Å². The first-order valence-electron chi connectivity index (χ1n) is 9.79. The van der Waals surface area contributed by atoms with E-state index in [1.807, 2.05) is 13.0 Å². The molecule has 4 rings (SSSR count). The van der Waals surface area contributed by atoms with Gasteiger partial charge in [0, 0.05) is 5.56 Å². The molecule has 0 N–H and O–H groups in total. The molecular weight excluding hydrogens is 449 g/mol. The van der Waals surface area contributed by atoms with Crippen LogP contribution in [-0.2, 0) is 9.53 Å². The maximum absolute atomic E-state index is 13.1. The van der Waals surface area contributed by atoms with Crippen molar-refractivity contribution in [1.29, 1.82) is 0 Å². The van der Waals surface area contributed by atoms with E-state index in [2.05, 4.69) is 4.99 Å².